The van der Waals surface area contributed by atoms with Crippen molar-refractivity contribution in [3.05, 3.63) is 12.2 Å². The predicted octanol–water partition coefficient (Wildman–Crippen LogP) is 2.73. The minimum Gasteiger partial charge on any atom is -0.314 e. The highest BCUT2D eigenvalue weighted by atomic mass is 14.9. The molecule has 0 bridgehead atoms. The van der Waals surface area contributed by atoms with Crippen molar-refractivity contribution < 1.29 is 0 Å². The molecule has 0 spiro atoms. The lowest BCUT2D eigenvalue weighted by Crippen LogP contribution is -2.23. The van der Waals surface area contributed by atoms with Gasteiger partial charge in [0, 0.05) is 6.04 Å². The molecule has 1 fully saturated rings. The second-order valence-corrected chi connectivity index (χ2v) is 4.02. The van der Waals surface area contributed by atoms with Crippen molar-refractivity contribution in [1.29, 1.82) is 0 Å². The van der Waals surface area contributed by atoms with Crippen molar-refractivity contribution in [2.75, 3.05) is 6.54 Å². The van der Waals surface area contributed by atoms with Crippen molar-refractivity contribution >= 4 is 0 Å². The van der Waals surface area contributed by atoms with Crippen LogP contribution in [0.1, 0.15) is 39.5 Å². The van der Waals surface area contributed by atoms with Gasteiger partial charge in [0.1, 0.15) is 0 Å². The third-order valence-corrected chi connectivity index (χ3v) is 2.42. The highest BCUT2D eigenvalue weighted by Crippen LogP contribution is 2.27. The van der Waals surface area contributed by atoms with Crippen molar-refractivity contribution in [3.63, 3.8) is 0 Å². The van der Waals surface area contributed by atoms with Crippen LogP contribution in [0.5, 0.6) is 0 Å². The summed E-state index contributed by atoms with van der Waals surface area (Å²) in [5.74, 6) is 0.920. The lowest BCUT2D eigenvalue weighted by Gasteiger charge is -2.21. The average molecular weight is 167 g/mol. The summed E-state index contributed by atoms with van der Waals surface area (Å²) < 4.78 is 0. The molecular formula is C11H21N. The number of hydrogen-bond donors (Lipinski definition) is 1. The SMILES string of the molecule is CC(C)NCC/C=C/C1CCC1. The van der Waals surface area contributed by atoms with Gasteiger partial charge in [-0.3, -0.25) is 0 Å². The van der Waals surface area contributed by atoms with Gasteiger partial charge in [0.05, 0.1) is 0 Å². The molecule has 12 heavy (non-hydrogen) atoms. The van der Waals surface area contributed by atoms with Crippen LogP contribution in [-0.4, -0.2) is 12.6 Å². The van der Waals surface area contributed by atoms with E-state index in [0.29, 0.717) is 6.04 Å². The number of allylic oxidation sites excluding steroid dienone is 1. The Kier molecular flexibility index (Phi) is 4.37. The quantitative estimate of drug-likeness (QED) is 0.490. The van der Waals surface area contributed by atoms with E-state index in [0.717, 1.165) is 12.5 Å². The van der Waals surface area contributed by atoms with Crippen molar-refractivity contribution in [2.24, 2.45) is 5.92 Å². The molecule has 1 aliphatic carbocycles. The smallest absolute Gasteiger partial charge is 0.00105 e. The first-order valence-electron chi connectivity index (χ1n) is 5.19. The Bertz CT molecular complexity index is 134. The fourth-order valence-corrected chi connectivity index (χ4v) is 1.38. The van der Waals surface area contributed by atoms with E-state index in [9.17, 15) is 0 Å². The van der Waals surface area contributed by atoms with Crippen LogP contribution in [-0.2, 0) is 0 Å². The molecule has 0 unspecified atom stereocenters. The molecule has 0 aromatic carbocycles. The molecule has 0 aromatic rings. The largest absolute Gasteiger partial charge is 0.314 e. The van der Waals surface area contributed by atoms with Crippen LogP contribution in [0.2, 0.25) is 0 Å². The third-order valence-electron chi connectivity index (χ3n) is 2.42. The molecular weight excluding hydrogens is 146 g/mol. The second-order valence-electron chi connectivity index (χ2n) is 4.02. The maximum Gasteiger partial charge on any atom is 0.00105 e. The lowest BCUT2D eigenvalue weighted by molar-refractivity contribution is 0.387. The Balaban J connectivity index is 1.90. The van der Waals surface area contributed by atoms with Crippen molar-refractivity contribution in [3.8, 4) is 0 Å². The molecule has 1 N–H and O–H groups in total. The first kappa shape index (κ1) is 9.79. The van der Waals surface area contributed by atoms with Gasteiger partial charge in [-0.1, -0.05) is 32.4 Å². The summed E-state index contributed by atoms with van der Waals surface area (Å²) in [7, 11) is 0. The second kappa shape index (κ2) is 5.36. The molecule has 1 heteroatoms. The fourth-order valence-electron chi connectivity index (χ4n) is 1.38. The Labute approximate surface area is 76.2 Å². The summed E-state index contributed by atoms with van der Waals surface area (Å²) in [6, 6.07) is 0.627. The van der Waals surface area contributed by atoms with Gasteiger partial charge in [0.15, 0.2) is 0 Å². The van der Waals surface area contributed by atoms with Gasteiger partial charge >= 0.3 is 0 Å². The highest BCUT2D eigenvalue weighted by molar-refractivity contribution is 4.92. The van der Waals surface area contributed by atoms with Gasteiger partial charge in [-0.15, -0.1) is 0 Å². The summed E-state index contributed by atoms with van der Waals surface area (Å²) in [5, 5.41) is 3.40. The summed E-state index contributed by atoms with van der Waals surface area (Å²) in [4.78, 5) is 0. The zero-order valence-corrected chi connectivity index (χ0v) is 8.34. The van der Waals surface area contributed by atoms with Gasteiger partial charge in [-0.2, -0.15) is 0 Å². The highest BCUT2D eigenvalue weighted by Gasteiger charge is 2.12. The van der Waals surface area contributed by atoms with Crippen LogP contribution in [0, 0.1) is 5.92 Å². The monoisotopic (exact) mass is 167 g/mol. The van der Waals surface area contributed by atoms with Crippen LogP contribution in [0.15, 0.2) is 12.2 Å². The molecule has 1 nitrogen and oxygen atoms in total. The Hall–Kier alpha value is -0.300. The van der Waals surface area contributed by atoms with E-state index in [2.05, 4.69) is 31.3 Å². The van der Waals surface area contributed by atoms with E-state index in [1.165, 1.54) is 25.7 Å². The zero-order chi connectivity index (χ0) is 8.81. The van der Waals surface area contributed by atoms with E-state index < -0.39 is 0 Å². The van der Waals surface area contributed by atoms with Crippen LogP contribution < -0.4 is 5.32 Å². The molecule has 0 aromatic heterocycles. The minimum absolute atomic E-state index is 0.627. The van der Waals surface area contributed by atoms with E-state index in [-0.39, 0.29) is 0 Å². The van der Waals surface area contributed by atoms with E-state index >= 15 is 0 Å². The number of nitrogens with one attached hydrogen (secondary N) is 1. The summed E-state index contributed by atoms with van der Waals surface area (Å²) in [5.41, 5.74) is 0. The molecule has 0 amide bonds. The van der Waals surface area contributed by atoms with Crippen LogP contribution in [0.25, 0.3) is 0 Å². The summed E-state index contributed by atoms with van der Waals surface area (Å²) >= 11 is 0. The Morgan fingerprint density at radius 2 is 2.17 bits per heavy atom. The third kappa shape index (κ3) is 3.91. The van der Waals surface area contributed by atoms with Crippen molar-refractivity contribution in [2.45, 2.75) is 45.6 Å². The lowest BCUT2D eigenvalue weighted by atomic mass is 9.85. The maximum absolute atomic E-state index is 3.40. The first-order chi connectivity index (χ1) is 5.79. The number of hydrogen-bond acceptors (Lipinski definition) is 1. The normalized spacial score (nSPS) is 18.9. The van der Waals surface area contributed by atoms with Gasteiger partial charge in [0.2, 0.25) is 0 Å². The predicted molar refractivity (Wildman–Crippen MR) is 54.2 cm³/mol. The molecule has 0 radical (unpaired) electrons. The molecule has 1 aliphatic rings. The molecule has 70 valence electrons. The van der Waals surface area contributed by atoms with Gasteiger partial charge < -0.3 is 5.32 Å². The van der Waals surface area contributed by atoms with Gasteiger partial charge in [0.25, 0.3) is 0 Å². The van der Waals surface area contributed by atoms with E-state index in [1.807, 2.05) is 0 Å². The maximum atomic E-state index is 3.40. The zero-order valence-electron chi connectivity index (χ0n) is 8.34. The van der Waals surface area contributed by atoms with E-state index in [4.69, 9.17) is 0 Å². The average Bonchev–Trinajstić information content (AvgIpc) is 1.92. The van der Waals surface area contributed by atoms with Gasteiger partial charge in [-0.25, -0.2) is 0 Å². The van der Waals surface area contributed by atoms with E-state index in [1.54, 1.807) is 0 Å². The summed E-state index contributed by atoms with van der Waals surface area (Å²) in [6.07, 6.45) is 10.2. The molecule has 1 saturated carbocycles. The van der Waals surface area contributed by atoms with Crippen molar-refractivity contribution in [1.82, 2.24) is 5.32 Å². The first-order valence-corrected chi connectivity index (χ1v) is 5.19. The Morgan fingerprint density at radius 3 is 2.67 bits per heavy atom. The topological polar surface area (TPSA) is 12.0 Å². The number of rotatable bonds is 5. The standard InChI is InChI=1S/C11H21N/c1-10(2)12-9-4-3-6-11-7-5-8-11/h3,6,10-12H,4-5,7-9H2,1-2H3/b6-3+. The summed E-state index contributed by atoms with van der Waals surface area (Å²) in [6.45, 7) is 5.51. The molecule has 0 atom stereocenters. The molecule has 0 saturated heterocycles. The van der Waals surface area contributed by atoms with Gasteiger partial charge in [-0.05, 0) is 31.7 Å². The molecule has 0 heterocycles. The fraction of sp³-hybridized carbons (Fsp3) is 0.818. The van der Waals surface area contributed by atoms with Crippen LogP contribution in [0.3, 0.4) is 0 Å². The van der Waals surface area contributed by atoms with Crippen LogP contribution >= 0.6 is 0 Å². The van der Waals surface area contributed by atoms with Crippen LogP contribution in [0.4, 0.5) is 0 Å². The minimum atomic E-state index is 0.627. The molecule has 0 aliphatic heterocycles. The Morgan fingerprint density at radius 1 is 1.42 bits per heavy atom. The molecule has 1 rings (SSSR count).